The summed E-state index contributed by atoms with van der Waals surface area (Å²) >= 11 is 0. The molecule has 0 aromatic rings. The van der Waals surface area contributed by atoms with Crippen LogP contribution in [0.1, 0.15) is 19.3 Å². The zero-order valence-corrected chi connectivity index (χ0v) is 10.8. The zero-order valence-electron chi connectivity index (χ0n) is 10.8. The first-order valence-corrected chi connectivity index (χ1v) is 6.34. The average Bonchev–Trinajstić information content (AvgIpc) is 2.78. The van der Waals surface area contributed by atoms with Crippen LogP contribution in [0.5, 0.6) is 0 Å². The quantitative estimate of drug-likeness (QED) is 0.527. The third-order valence-corrected chi connectivity index (χ3v) is 3.30. The molecule has 1 fully saturated rings. The third kappa shape index (κ3) is 5.01. The SMILES string of the molecule is COCCNC(=O)CNCC1CCCC1C(=O)O. The molecule has 18 heavy (non-hydrogen) atoms. The largest absolute Gasteiger partial charge is 0.481 e. The molecule has 0 aliphatic heterocycles. The summed E-state index contributed by atoms with van der Waals surface area (Å²) in [6.45, 7) is 1.81. The summed E-state index contributed by atoms with van der Waals surface area (Å²) in [6, 6.07) is 0. The van der Waals surface area contributed by atoms with Crippen molar-refractivity contribution >= 4 is 11.9 Å². The molecule has 0 radical (unpaired) electrons. The summed E-state index contributed by atoms with van der Waals surface area (Å²) in [5.74, 6) is -0.913. The topological polar surface area (TPSA) is 87.7 Å². The molecule has 0 saturated heterocycles. The van der Waals surface area contributed by atoms with E-state index in [9.17, 15) is 9.59 Å². The fourth-order valence-corrected chi connectivity index (χ4v) is 2.33. The lowest BCUT2D eigenvalue weighted by molar-refractivity contribution is -0.142. The Morgan fingerprint density at radius 2 is 2.17 bits per heavy atom. The first kappa shape index (κ1) is 14.9. The van der Waals surface area contributed by atoms with Crippen molar-refractivity contribution in [3.63, 3.8) is 0 Å². The molecule has 1 saturated carbocycles. The minimum absolute atomic E-state index is 0.0862. The molecule has 3 N–H and O–H groups in total. The average molecular weight is 258 g/mol. The number of ether oxygens (including phenoxy) is 1. The van der Waals surface area contributed by atoms with Crippen molar-refractivity contribution < 1.29 is 19.4 Å². The molecule has 6 heteroatoms. The van der Waals surface area contributed by atoms with Crippen LogP contribution in [0, 0.1) is 11.8 Å². The molecule has 2 atom stereocenters. The number of carbonyl (C=O) groups excluding carboxylic acids is 1. The summed E-state index contributed by atoms with van der Waals surface area (Å²) < 4.78 is 4.82. The standard InChI is InChI=1S/C12H22N2O4/c1-18-6-5-14-11(15)8-13-7-9-3-2-4-10(9)12(16)17/h9-10,13H,2-8H2,1H3,(H,14,15)(H,16,17). The van der Waals surface area contributed by atoms with Gasteiger partial charge in [0.05, 0.1) is 19.1 Å². The van der Waals surface area contributed by atoms with E-state index >= 15 is 0 Å². The van der Waals surface area contributed by atoms with E-state index in [1.54, 1.807) is 7.11 Å². The molecule has 104 valence electrons. The van der Waals surface area contributed by atoms with Crippen LogP contribution in [0.4, 0.5) is 0 Å². The Kier molecular flexibility index (Phi) is 6.67. The molecule has 0 bridgehead atoms. The van der Waals surface area contributed by atoms with E-state index in [4.69, 9.17) is 9.84 Å². The van der Waals surface area contributed by atoms with Crippen LogP contribution in [-0.2, 0) is 14.3 Å². The van der Waals surface area contributed by atoms with Crippen molar-refractivity contribution in [3.05, 3.63) is 0 Å². The molecule has 1 amide bonds. The number of carboxylic acid groups (broad SMARTS) is 1. The van der Waals surface area contributed by atoms with Gasteiger partial charge >= 0.3 is 5.97 Å². The van der Waals surface area contributed by atoms with Gasteiger partial charge in [-0.1, -0.05) is 6.42 Å². The van der Waals surface area contributed by atoms with Gasteiger partial charge in [-0.25, -0.2) is 0 Å². The molecular formula is C12H22N2O4. The predicted molar refractivity (Wildman–Crippen MR) is 66.2 cm³/mol. The fourth-order valence-electron chi connectivity index (χ4n) is 2.33. The normalized spacial score (nSPS) is 22.9. The van der Waals surface area contributed by atoms with E-state index in [0.29, 0.717) is 19.7 Å². The van der Waals surface area contributed by atoms with E-state index in [-0.39, 0.29) is 24.3 Å². The van der Waals surface area contributed by atoms with Crippen LogP contribution >= 0.6 is 0 Å². The number of aliphatic carboxylic acids is 1. The van der Waals surface area contributed by atoms with Gasteiger partial charge in [-0.2, -0.15) is 0 Å². The molecular weight excluding hydrogens is 236 g/mol. The number of amides is 1. The molecule has 0 heterocycles. The van der Waals surface area contributed by atoms with E-state index in [0.717, 1.165) is 19.3 Å². The summed E-state index contributed by atoms with van der Waals surface area (Å²) in [7, 11) is 1.58. The molecule has 0 spiro atoms. The first-order chi connectivity index (χ1) is 8.65. The third-order valence-electron chi connectivity index (χ3n) is 3.30. The smallest absolute Gasteiger partial charge is 0.306 e. The maximum absolute atomic E-state index is 11.4. The zero-order chi connectivity index (χ0) is 13.4. The minimum Gasteiger partial charge on any atom is -0.481 e. The Balaban J connectivity index is 2.13. The van der Waals surface area contributed by atoms with E-state index < -0.39 is 5.97 Å². The van der Waals surface area contributed by atoms with Gasteiger partial charge in [-0.3, -0.25) is 9.59 Å². The highest BCUT2D eigenvalue weighted by molar-refractivity contribution is 5.78. The van der Waals surface area contributed by atoms with Crippen LogP contribution in [0.15, 0.2) is 0 Å². The van der Waals surface area contributed by atoms with Crippen LogP contribution in [0.25, 0.3) is 0 Å². The highest BCUT2D eigenvalue weighted by Gasteiger charge is 2.32. The summed E-state index contributed by atoms with van der Waals surface area (Å²) in [4.78, 5) is 22.3. The van der Waals surface area contributed by atoms with Gasteiger partial charge in [0.1, 0.15) is 0 Å². The number of carbonyl (C=O) groups is 2. The molecule has 1 aliphatic carbocycles. The monoisotopic (exact) mass is 258 g/mol. The Morgan fingerprint density at radius 3 is 2.83 bits per heavy atom. The summed E-state index contributed by atoms with van der Waals surface area (Å²) in [5, 5.41) is 14.7. The Hall–Kier alpha value is -1.14. The first-order valence-electron chi connectivity index (χ1n) is 6.34. The van der Waals surface area contributed by atoms with Crippen molar-refractivity contribution in [1.82, 2.24) is 10.6 Å². The summed E-state index contributed by atoms with van der Waals surface area (Å²) in [6.07, 6.45) is 2.64. The van der Waals surface area contributed by atoms with Crippen molar-refractivity contribution in [2.45, 2.75) is 19.3 Å². The lowest BCUT2D eigenvalue weighted by Crippen LogP contribution is -2.38. The maximum Gasteiger partial charge on any atom is 0.306 e. The molecule has 2 unspecified atom stereocenters. The second-order valence-corrected chi connectivity index (χ2v) is 4.61. The molecule has 1 aliphatic rings. The molecule has 0 aromatic heterocycles. The second kappa shape index (κ2) is 8.05. The van der Waals surface area contributed by atoms with Crippen molar-refractivity contribution in [2.75, 3.05) is 33.4 Å². The van der Waals surface area contributed by atoms with Gasteiger partial charge in [0.2, 0.25) is 5.91 Å². The van der Waals surface area contributed by atoms with Gasteiger partial charge in [0, 0.05) is 13.7 Å². The van der Waals surface area contributed by atoms with Crippen LogP contribution in [0.3, 0.4) is 0 Å². The molecule has 1 rings (SSSR count). The summed E-state index contributed by atoms with van der Waals surface area (Å²) in [5.41, 5.74) is 0. The number of hydrogen-bond acceptors (Lipinski definition) is 4. The van der Waals surface area contributed by atoms with Gasteiger partial charge < -0.3 is 20.5 Å². The molecule has 0 aromatic carbocycles. The highest BCUT2D eigenvalue weighted by atomic mass is 16.5. The second-order valence-electron chi connectivity index (χ2n) is 4.61. The predicted octanol–water partition coefficient (Wildman–Crippen LogP) is -0.160. The maximum atomic E-state index is 11.4. The van der Waals surface area contributed by atoms with E-state index in [1.807, 2.05) is 0 Å². The van der Waals surface area contributed by atoms with Crippen molar-refractivity contribution in [3.8, 4) is 0 Å². The van der Waals surface area contributed by atoms with Crippen molar-refractivity contribution in [1.29, 1.82) is 0 Å². The molecule has 6 nitrogen and oxygen atoms in total. The lowest BCUT2D eigenvalue weighted by atomic mass is 9.96. The van der Waals surface area contributed by atoms with Crippen molar-refractivity contribution in [2.24, 2.45) is 11.8 Å². The van der Waals surface area contributed by atoms with E-state index in [2.05, 4.69) is 10.6 Å². The Morgan fingerprint density at radius 1 is 1.39 bits per heavy atom. The van der Waals surface area contributed by atoms with Gasteiger partial charge in [0.25, 0.3) is 0 Å². The number of methoxy groups -OCH3 is 1. The fraction of sp³-hybridized carbons (Fsp3) is 0.833. The highest BCUT2D eigenvalue weighted by Crippen LogP contribution is 2.31. The van der Waals surface area contributed by atoms with E-state index in [1.165, 1.54) is 0 Å². The number of rotatable bonds is 8. The Labute approximate surface area is 107 Å². The van der Waals surface area contributed by atoms with Gasteiger partial charge in [-0.15, -0.1) is 0 Å². The van der Waals surface area contributed by atoms with Crippen LogP contribution in [0.2, 0.25) is 0 Å². The number of carboxylic acids is 1. The minimum atomic E-state index is -0.719. The van der Waals surface area contributed by atoms with Crippen LogP contribution < -0.4 is 10.6 Å². The number of nitrogens with one attached hydrogen (secondary N) is 2. The van der Waals surface area contributed by atoms with Crippen LogP contribution in [-0.4, -0.2) is 50.3 Å². The van der Waals surface area contributed by atoms with Gasteiger partial charge in [-0.05, 0) is 25.3 Å². The van der Waals surface area contributed by atoms with Gasteiger partial charge in [0.15, 0.2) is 0 Å². The lowest BCUT2D eigenvalue weighted by Gasteiger charge is -2.16. The number of hydrogen-bond donors (Lipinski definition) is 3. The Bertz CT molecular complexity index is 283.